The molecule has 1 saturated heterocycles. The third kappa shape index (κ3) is 5.13. The lowest BCUT2D eigenvalue weighted by atomic mass is 10.2. The Bertz CT molecular complexity index is 1020. The largest absolute Gasteiger partial charge is 0.378 e. The summed E-state index contributed by atoms with van der Waals surface area (Å²) in [4.78, 5) is 28.1. The molecule has 0 aliphatic carbocycles. The number of nitrogens with zero attached hydrogens (tertiary/aromatic N) is 4. The van der Waals surface area contributed by atoms with E-state index in [2.05, 4.69) is 10.2 Å². The van der Waals surface area contributed by atoms with Crippen LogP contribution in [0, 0.1) is 0 Å². The van der Waals surface area contributed by atoms with Gasteiger partial charge in [-0.15, -0.1) is 5.10 Å². The molecule has 7 nitrogen and oxygen atoms in total. The minimum Gasteiger partial charge on any atom is -0.378 e. The molecular weight excluding hydrogens is 445 g/mol. The molecule has 0 radical (unpaired) electrons. The molecule has 2 aromatic carbocycles. The van der Waals surface area contributed by atoms with Crippen molar-refractivity contribution in [2.75, 3.05) is 23.9 Å². The monoisotopic (exact) mass is 463 g/mol. The fourth-order valence-electron chi connectivity index (χ4n) is 2.79. The van der Waals surface area contributed by atoms with E-state index in [0.717, 1.165) is 27.9 Å². The molecule has 2 aromatic rings. The lowest BCUT2D eigenvalue weighted by Gasteiger charge is -2.16. The molecule has 1 aliphatic heterocycles. The van der Waals surface area contributed by atoms with Crippen molar-refractivity contribution in [1.82, 2.24) is 0 Å². The molecule has 2 N–H and O–H groups in total. The molecule has 1 fully saturated rings. The highest BCUT2D eigenvalue weighted by Crippen LogP contribution is 2.35. The van der Waals surface area contributed by atoms with Crippen molar-refractivity contribution < 1.29 is 9.59 Å². The van der Waals surface area contributed by atoms with Gasteiger partial charge in [0.15, 0.2) is 5.17 Å². The molecule has 2 amide bonds. The van der Waals surface area contributed by atoms with Gasteiger partial charge in [0.05, 0.1) is 16.9 Å². The van der Waals surface area contributed by atoms with Gasteiger partial charge in [-0.3, -0.25) is 9.59 Å². The smallest absolute Gasteiger partial charge is 0.247 e. The van der Waals surface area contributed by atoms with Gasteiger partial charge >= 0.3 is 0 Å². The third-order valence-corrected chi connectivity index (χ3v) is 5.82. The molecule has 0 spiro atoms. The lowest BCUT2D eigenvalue weighted by molar-refractivity contribution is -0.121. The Morgan fingerprint density at radius 3 is 2.57 bits per heavy atom. The Morgan fingerprint density at radius 1 is 1.20 bits per heavy atom. The van der Waals surface area contributed by atoms with Crippen LogP contribution in [0.25, 0.3) is 0 Å². The van der Waals surface area contributed by atoms with Gasteiger partial charge in [0.25, 0.3) is 0 Å². The highest BCUT2D eigenvalue weighted by Gasteiger charge is 2.41. The number of thioether (sulfide) groups is 1. The molecule has 1 atom stereocenters. The topological polar surface area (TPSA) is 91.4 Å². The molecule has 3 rings (SSSR count). The Morgan fingerprint density at radius 2 is 1.90 bits per heavy atom. The van der Waals surface area contributed by atoms with Gasteiger partial charge in [0, 0.05) is 31.2 Å². The van der Waals surface area contributed by atoms with Crippen molar-refractivity contribution in [3.05, 3.63) is 58.1 Å². The number of benzene rings is 2. The predicted octanol–water partition coefficient (Wildman–Crippen LogP) is 3.77. The number of hydrogen-bond acceptors (Lipinski definition) is 6. The van der Waals surface area contributed by atoms with Crippen molar-refractivity contribution in [3.63, 3.8) is 0 Å². The number of imide groups is 1. The highest BCUT2D eigenvalue weighted by atomic mass is 35.5. The summed E-state index contributed by atoms with van der Waals surface area (Å²) in [6.07, 6.45) is 1.55. The number of nitrogens with two attached hydrogens (primary N) is 1. The zero-order valence-electron chi connectivity index (χ0n) is 16.3. The maximum absolute atomic E-state index is 12.7. The van der Waals surface area contributed by atoms with E-state index in [1.165, 1.54) is 12.1 Å². The molecule has 0 saturated carbocycles. The van der Waals surface area contributed by atoms with Crippen LogP contribution in [0.2, 0.25) is 10.0 Å². The lowest BCUT2D eigenvalue weighted by Crippen LogP contribution is -2.32. The first-order valence-electron chi connectivity index (χ1n) is 8.88. The van der Waals surface area contributed by atoms with Crippen LogP contribution < -0.4 is 15.5 Å². The average Bonchev–Trinajstić information content (AvgIpc) is 2.97. The van der Waals surface area contributed by atoms with E-state index < -0.39 is 11.2 Å². The first-order valence-corrected chi connectivity index (χ1v) is 10.5. The molecule has 0 unspecified atom stereocenters. The van der Waals surface area contributed by atoms with E-state index in [1.807, 2.05) is 43.3 Å². The zero-order valence-corrected chi connectivity index (χ0v) is 18.6. The van der Waals surface area contributed by atoms with E-state index in [4.69, 9.17) is 28.9 Å². The van der Waals surface area contributed by atoms with E-state index in [9.17, 15) is 9.59 Å². The molecule has 1 heterocycles. The van der Waals surface area contributed by atoms with Crippen LogP contribution in [0.5, 0.6) is 0 Å². The highest BCUT2D eigenvalue weighted by molar-refractivity contribution is 8.14. The SMILES string of the molecule is CN(C)c1ccc(/C=N\N=C(N)S[C@H]2CC(=O)N(c3cc(Cl)ccc3Cl)C2=O)cc1. The molecular formula is C20H19Cl2N5O2S. The summed E-state index contributed by atoms with van der Waals surface area (Å²) >= 11 is 13.1. The van der Waals surface area contributed by atoms with Crippen LogP contribution in [0.15, 0.2) is 52.7 Å². The fraction of sp³-hybridized carbons (Fsp3) is 0.200. The van der Waals surface area contributed by atoms with Crippen LogP contribution in [-0.4, -0.2) is 42.5 Å². The number of rotatable bonds is 5. The van der Waals surface area contributed by atoms with Gasteiger partial charge in [-0.2, -0.15) is 5.10 Å². The average molecular weight is 464 g/mol. The molecule has 30 heavy (non-hydrogen) atoms. The van der Waals surface area contributed by atoms with Gasteiger partial charge in [-0.25, -0.2) is 4.90 Å². The maximum atomic E-state index is 12.7. The summed E-state index contributed by atoms with van der Waals surface area (Å²) in [5.74, 6) is -0.797. The second kappa shape index (κ2) is 9.51. The van der Waals surface area contributed by atoms with Crippen molar-refractivity contribution >= 4 is 69.5 Å². The van der Waals surface area contributed by atoms with Crippen LogP contribution in [0.4, 0.5) is 11.4 Å². The number of halogens is 2. The van der Waals surface area contributed by atoms with Crippen LogP contribution >= 0.6 is 35.0 Å². The van der Waals surface area contributed by atoms with Gasteiger partial charge in [-0.05, 0) is 35.9 Å². The number of amidine groups is 1. The Labute approximate surface area is 188 Å². The Balaban J connectivity index is 1.66. The summed E-state index contributed by atoms with van der Waals surface area (Å²) in [5, 5.41) is 7.90. The molecule has 156 valence electrons. The van der Waals surface area contributed by atoms with Gasteiger partial charge in [-0.1, -0.05) is 47.1 Å². The first-order chi connectivity index (χ1) is 14.3. The first kappa shape index (κ1) is 22.1. The summed E-state index contributed by atoms with van der Waals surface area (Å²) in [6, 6.07) is 12.3. The van der Waals surface area contributed by atoms with Crippen molar-refractivity contribution in [3.8, 4) is 0 Å². The molecule has 0 bridgehead atoms. The molecule has 10 heteroatoms. The van der Waals surface area contributed by atoms with Gasteiger partial charge < -0.3 is 10.6 Å². The standard InChI is InChI=1S/C20H19Cl2N5O2S/c1-26(2)14-6-3-12(4-7-14)11-24-25-20(23)30-17-10-18(28)27(19(17)29)16-9-13(21)5-8-15(16)22/h3-9,11,17H,10H2,1-2H3,(H2,23,25)/b24-11-/t17-/m0/s1. The number of hydrogen-bond donors (Lipinski definition) is 1. The number of anilines is 2. The van der Waals surface area contributed by atoms with Gasteiger partial charge in [0.2, 0.25) is 11.8 Å². The minimum absolute atomic E-state index is 0.0156. The van der Waals surface area contributed by atoms with Crippen LogP contribution in [0.3, 0.4) is 0 Å². The minimum atomic E-state index is -0.703. The van der Waals surface area contributed by atoms with E-state index in [0.29, 0.717) is 5.02 Å². The number of carbonyl (C=O) groups is 2. The summed E-state index contributed by atoms with van der Waals surface area (Å²) in [7, 11) is 3.92. The zero-order chi connectivity index (χ0) is 21.8. The number of amides is 2. The summed E-state index contributed by atoms with van der Waals surface area (Å²) < 4.78 is 0. The quantitative estimate of drug-likeness (QED) is 0.315. The molecule has 0 aromatic heterocycles. The van der Waals surface area contributed by atoms with Crippen molar-refractivity contribution in [1.29, 1.82) is 0 Å². The van der Waals surface area contributed by atoms with Crippen molar-refractivity contribution in [2.45, 2.75) is 11.7 Å². The fourth-order valence-corrected chi connectivity index (χ4v) is 3.97. The third-order valence-electron chi connectivity index (χ3n) is 4.29. The van der Waals surface area contributed by atoms with E-state index >= 15 is 0 Å². The Hall–Kier alpha value is -2.55. The number of carbonyl (C=O) groups excluding carboxylic acids is 2. The normalized spacial score (nSPS) is 17.3. The molecule has 1 aliphatic rings. The van der Waals surface area contributed by atoms with E-state index in [1.54, 1.807) is 12.3 Å². The van der Waals surface area contributed by atoms with Crippen LogP contribution in [0.1, 0.15) is 12.0 Å². The Kier molecular flexibility index (Phi) is 7.02. The second-order valence-corrected chi connectivity index (χ2v) is 8.71. The van der Waals surface area contributed by atoms with Crippen molar-refractivity contribution in [2.24, 2.45) is 15.9 Å². The van der Waals surface area contributed by atoms with Crippen LogP contribution in [-0.2, 0) is 9.59 Å². The van der Waals surface area contributed by atoms with E-state index in [-0.39, 0.29) is 28.2 Å². The van der Waals surface area contributed by atoms with Gasteiger partial charge in [0.1, 0.15) is 5.25 Å². The predicted molar refractivity (Wildman–Crippen MR) is 125 cm³/mol. The summed E-state index contributed by atoms with van der Waals surface area (Å²) in [6.45, 7) is 0. The summed E-state index contributed by atoms with van der Waals surface area (Å²) in [5.41, 5.74) is 8.08. The maximum Gasteiger partial charge on any atom is 0.247 e. The second-order valence-electron chi connectivity index (χ2n) is 6.64.